The van der Waals surface area contributed by atoms with Gasteiger partial charge in [0.25, 0.3) is 0 Å². The van der Waals surface area contributed by atoms with Gasteiger partial charge in [-0.3, -0.25) is 4.79 Å². The number of hydrogen-bond acceptors (Lipinski definition) is 3. The lowest BCUT2D eigenvalue weighted by molar-refractivity contribution is -0.127. The second kappa shape index (κ2) is 8.11. The second-order valence-corrected chi connectivity index (χ2v) is 7.66. The number of nitrogens with two attached hydrogens (primary N) is 1. The van der Waals surface area contributed by atoms with Crippen molar-refractivity contribution in [2.24, 2.45) is 5.73 Å². The third kappa shape index (κ3) is 7.22. The van der Waals surface area contributed by atoms with E-state index in [4.69, 9.17) is 5.73 Å². The molecule has 0 aliphatic heterocycles. The fraction of sp³-hybridized carbons (Fsp3) is 0.471. The number of carbonyl (C=O) groups excluding carboxylic acids is 1. The van der Waals surface area contributed by atoms with E-state index >= 15 is 0 Å². The van der Waals surface area contributed by atoms with Gasteiger partial charge >= 0.3 is 0 Å². The SMILES string of the molecule is CN(Cc1cccc(C#CCN)c1)C(=O)CSC(C)(C)C. The molecule has 0 fully saturated rings. The van der Waals surface area contributed by atoms with E-state index in [1.165, 1.54) is 0 Å². The fourth-order valence-corrected chi connectivity index (χ4v) is 2.43. The van der Waals surface area contributed by atoms with Crippen molar-refractivity contribution in [2.45, 2.75) is 32.1 Å². The van der Waals surface area contributed by atoms with Gasteiger partial charge in [0.15, 0.2) is 0 Å². The van der Waals surface area contributed by atoms with E-state index in [-0.39, 0.29) is 10.7 Å². The number of benzene rings is 1. The van der Waals surface area contributed by atoms with Gasteiger partial charge in [0.1, 0.15) is 0 Å². The molecule has 1 aromatic rings. The number of carbonyl (C=O) groups is 1. The summed E-state index contributed by atoms with van der Waals surface area (Å²) in [5.74, 6) is 6.50. The topological polar surface area (TPSA) is 46.3 Å². The third-order valence-electron chi connectivity index (χ3n) is 2.74. The summed E-state index contributed by atoms with van der Waals surface area (Å²) < 4.78 is 0.105. The van der Waals surface area contributed by atoms with Crippen LogP contribution in [0.1, 0.15) is 31.9 Å². The van der Waals surface area contributed by atoms with Gasteiger partial charge in [0.2, 0.25) is 5.91 Å². The van der Waals surface area contributed by atoms with Crippen LogP contribution >= 0.6 is 11.8 Å². The molecule has 1 amide bonds. The van der Waals surface area contributed by atoms with Crippen LogP contribution in [0.5, 0.6) is 0 Å². The Kier molecular flexibility index (Phi) is 6.80. The Morgan fingerprint density at radius 1 is 1.38 bits per heavy atom. The van der Waals surface area contributed by atoms with Crippen molar-refractivity contribution in [3.05, 3.63) is 35.4 Å². The molecule has 3 nitrogen and oxygen atoms in total. The first-order valence-corrected chi connectivity index (χ1v) is 7.96. The van der Waals surface area contributed by atoms with Gasteiger partial charge < -0.3 is 10.6 Å². The third-order valence-corrected chi connectivity index (χ3v) is 3.99. The molecule has 0 aliphatic carbocycles. The monoisotopic (exact) mass is 304 g/mol. The normalized spacial score (nSPS) is 10.7. The Labute approximate surface area is 132 Å². The Hall–Kier alpha value is -1.44. The molecule has 0 bridgehead atoms. The zero-order valence-electron chi connectivity index (χ0n) is 13.3. The molecule has 114 valence electrons. The van der Waals surface area contributed by atoms with Crippen LogP contribution in [0.2, 0.25) is 0 Å². The summed E-state index contributed by atoms with van der Waals surface area (Å²) in [5.41, 5.74) is 7.39. The largest absolute Gasteiger partial charge is 0.341 e. The molecule has 2 N–H and O–H groups in total. The van der Waals surface area contributed by atoms with Gasteiger partial charge in [0.05, 0.1) is 12.3 Å². The Morgan fingerprint density at radius 2 is 2.10 bits per heavy atom. The number of nitrogens with zero attached hydrogens (tertiary/aromatic N) is 1. The summed E-state index contributed by atoms with van der Waals surface area (Å²) in [7, 11) is 1.84. The summed E-state index contributed by atoms with van der Waals surface area (Å²) in [5, 5.41) is 0. The summed E-state index contributed by atoms with van der Waals surface area (Å²) in [6.45, 7) is 7.30. The van der Waals surface area contributed by atoms with Gasteiger partial charge in [-0.15, -0.1) is 11.8 Å². The lowest BCUT2D eigenvalue weighted by atomic mass is 10.1. The van der Waals surface area contributed by atoms with Gasteiger partial charge in [-0.1, -0.05) is 44.7 Å². The average Bonchev–Trinajstić information content (AvgIpc) is 2.42. The minimum atomic E-state index is 0.105. The quantitative estimate of drug-likeness (QED) is 0.869. The molecule has 0 heterocycles. The van der Waals surface area contributed by atoms with Crippen LogP contribution in [0, 0.1) is 11.8 Å². The molecule has 0 spiro atoms. The predicted molar refractivity (Wildman–Crippen MR) is 91.1 cm³/mol. The first kappa shape index (κ1) is 17.6. The molecule has 4 heteroatoms. The van der Waals surface area contributed by atoms with Crippen LogP contribution in [-0.2, 0) is 11.3 Å². The molecule has 1 rings (SSSR count). The standard InChI is InChI=1S/C17H24N2OS/c1-17(2,3)21-13-16(20)19(4)12-15-8-5-7-14(11-15)9-6-10-18/h5,7-8,11H,10,12-13,18H2,1-4H3. The minimum absolute atomic E-state index is 0.105. The maximum absolute atomic E-state index is 12.1. The summed E-state index contributed by atoms with van der Waals surface area (Å²) >= 11 is 1.67. The molecule has 0 unspecified atom stereocenters. The Balaban J connectivity index is 2.62. The van der Waals surface area contributed by atoms with E-state index in [0.717, 1.165) is 11.1 Å². The fourth-order valence-electron chi connectivity index (χ4n) is 1.65. The van der Waals surface area contributed by atoms with Gasteiger partial charge in [-0.25, -0.2) is 0 Å². The van der Waals surface area contributed by atoms with Gasteiger partial charge in [0, 0.05) is 23.9 Å². The average molecular weight is 304 g/mol. The van der Waals surface area contributed by atoms with Crippen molar-refractivity contribution < 1.29 is 4.79 Å². The van der Waals surface area contributed by atoms with Crippen LogP contribution < -0.4 is 5.73 Å². The minimum Gasteiger partial charge on any atom is -0.341 e. The highest BCUT2D eigenvalue weighted by Gasteiger charge is 2.16. The number of thioether (sulfide) groups is 1. The van der Waals surface area contributed by atoms with E-state index in [9.17, 15) is 4.79 Å². The smallest absolute Gasteiger partial charge is 0.232 e. The van der Waals surface area contributed by atoms with Crippen LogP contribution in [0.15, 0.2) is 24.3 Å². The maximum Gasteiger partial charge on any atom is 0.232 e. The van der Waals surface area contributed by atoms with Crippen molar-refractivity contribution in [1.82, 2.24) is 4.90 Å². The van der Waals surface area contributed by atoms with Gasteiger partial charge in [-0.2, -0.15) is 0 Å². The molecule has 0 aliphatic rings. The maximum atomic E-state index is 12.1. The van der Waals surface area contributed by atoms with E-state index in [2.05, 4.69) is 32.6 Å². The molecule has 1 aromatic carbocycles. The lowest BCUT2D eigenvalue weighted by Crippen LogP contribution is -2.29. The lowest BCUT2D eigenvalue weighted by Gasteiger charge is -2.21. The molecular formula is C17H24N2OS. The van der Waals surface area contributed by atoms with E-state index < -0.39 is 0 Å². The molecule has 21 heavy (non-hydrogen) atoms. The van der Waals surface area contributed by atoms with E-state index in [0.29, 0.717) is 18.8 Å². The van der Waals surface area contributed by atoms with Crippen molar-refractivity contribution in [3.8, 4) is 11.8 Å². The van der Waals surface area contributed by atoms with Crippen LogP contribution in [0.3, 0.4) is 0 Å². The number of hydrogen-bond donors (Lipinski definition) is 1. The highest BCUT2D eigenvalue weighted by molar-refractivity contribution is 8.01. The van der Waals surface area contributed by atoms with Crippen molar-refractivity contribution in [1.29, 1.82) is 0 Å². The molecule has 0 saturated carbocycles. The highest BCUT2D eigenvalue weighted by Crippen LogP contribution is 2.23. The predicted octanol–water partition coefficient (Wildman–Crippen LogP) is 2.49. The first-order chi connectivity index (χ1) is 9.81. The Morgan fingerprint density at radius 3 is 2.71 bits per heavy atom. The summed E-state index contributed by atoms with van der Waals surface area (Å²) in [6.07, 6.45) is 0. The highest BCUT2D eigenvalue weighted by atomic mass is 32.2. The number of rotatable bonds is 4. The molecule has 0 radical (unpaired) electrons. The molecule has 0 atom stereocenters. The Bertz CT molecular complexity index is 538. The van der Waals surface area contributed by atoms with Crippen molar-refractivity contribution in [3.63, 3.8) is 0 Å². The summed E-state index contributed by atoms with van der Waals surface area (Å²) in [4.78, 5) is 13.9. The van der Waals surface area contributed by atoms with Crippen molar-refractivity contribution in [2.75, 3.05) is 19.3 Å². The number of amides is 1. The van der Waals surface area contributed by atoms with E-state index in [1.54, 1.807) is 16.7 Å². The zero-order chi connectivity index (χ0) is 15.9. The van der Waals surface area contributed by atoms with Crippen LogP contribution in [0.4, 0.5) is 0 Å². The van der Waals surface area contributed by atoms with E-state index in [1.807, 2.05) is 31.3 Å². The summed E-state index contributed by atoms with van der Waals surface area (Å²) in [6, 6.07) is 7.92. The van der Waals surface area contributed by atoms with Crippen LogP contribution in [-0.4, -0.2) is 34.9 Å². The zero-order valence-corrected chi connectivity index (χ0v) is 14.1. The first-order valence-electron chi connectivity index (χ1n) is 6.97. The van der Waals surface area contributed by atoms with Crippen molar-refractivity contribution >= 4 is 17.7 Å². The molecule has 0 aromatic heterocycles. The van der Waals surface area contributed by atoms with Gasteiger partial charge in [-0.05, 0) is 17.7 Å². The van der Waals surface area contributed by atoms with Crippen LogP contribution in [0.25, 0.3) is 0 Å². The second-order valence-electron chi connectivity index (χ2n) is 5.86. The molecule has 0 saturated heterocycles. The molecular weight excluding hydrogens is 280 g/mol.